The summed E-state index contributed by atoms with van der Waals surface area (Å²) in [5.74, 6) is 2.04. The fourth-order valence-electron chi connectivity index (χ4n) is 3.35. The van der Waals surface area contributed by atoms with Gasteiger partial charge in [0.2, 0.25) is 5.95 Å². The standard InChI is InChI=1S/C19H22N4OS/c1-23-8-5-13(6-9-23)14-3-4-15(17(11-14)24-2)21-19-20-12-18-16(22-19)7-10-25-18/h3-4,7,10-13H,5-6,8-9H2,1-2H3,(H,20,21,22). The van der Waals surface area contributed by atoms with Crippen LogP contribution in [0.4, 0.5) is 11.6 Å². The van der Waals surface area contributed by atoms with E-state index in [2.05, 4.69) is 45.4 Å². The Bertz CT molecular complexity index is 871. The summed E-state index contributed by atoms with van der Waals surface area (Å²) in [7, 11) is 3.90. The SMILES string of the molecule is COc1cc(C2CCN(C)CC2)ccc1Nc1ncc2sccc2n1. The maximum atomic E-state index is 5.62. The van der Waals surface area contributed by atoms with Gasteiger partial charge in [0.1, 0.15) is 5.75 Å². The Morgan fingerprint density at radius 1 is 1.24 bits per heavy atom. The molecule has 130 valence electrons. The number of methoxy groups -OCH3 is 1. The smallest absolute Gasteiger partial charge is 0.227 e. The van der Waals surface area contributed by atoms with Gasteiger partial charge in [0.25, 0.3) is 0 Å². The summed E-state index contributed by atoms with van der Waals surface area (Å²) >= 11 is 1.65. The van der Waals surface area contributed by atoms with Crippen LogP contribution in [0, 0.1) is 0 Å². The Hall–Kier alpha value is -2.18. The Morgan fingerprint density at radius 3 is 2.88 bits per heavy atom. The highest BCUT2D eigenvalue weighted by atomic mass is 32.1. The van der Waals surface area contributed by atoms with E-state index in [0.717, 1.165) is 34.7 Å². The highest BCUT2D eigenvalue weighted by Gasteiger charge is 2.19. The lowest BCUT2D eigenvalue weighted by atomic mass is 9.89. The van der Waals surface area contributed by atoms with Crippen LogP contribution in [-0.4, -0.2) is 42.1 Å². The molecule has 1 aliphatic rings. The summed E-state index contributed by atoms with van der Waals surface area (Å²) in [5, 5.41) is 5.32. The number of nitrogens with one attached hydrogen (secondary N) is 1. The lowest BCUT2D eigenvalue weighted by Crippen LogP contribution is -2.29. The number of likely N-dealkylation sites (tertiary alicyclic amines) is 1. The summed E-state index contributed by atoms with van der Waals surface area (Å²) < 4.78 is 6.71. The lowest BCUT2D eigenvalue weighted by molar-refractivity contribution is 0.255. The molecule has 1 N–H and O–H groups in total. The minimum Gasteiger partial charge on any atom is -0.495 e. The van der Waals surface area contributed by atoms with Gasteiger partial charge in [0, 0.05) is 0 Å². The van der Waals surface area contributed by atoms with Crippen LogP contribution in [-0.2, 0) is 0 Å². The van der Waals surface area contributed by atoms with Crippen LogP contribution in [0.15, 0.2) is 35.8 Å². The quantitative estimate of drug-likeness (QED) is 0.759. The van der Waals surface area contributed by atoms with Crippen molar-refractivity contribution in [2.45, 2.75) is 18.8 Å². The third kappa shape index (κ3) is 3.45. The topological polar surface area (TPSA) is 50.3 Å². The van der Waals surface area contributed by atoms with Gasteiger partial charge in [-0.15, -0.1) is 11.3 Å². The molecule has 0 spiro atoms. The van der Waals surface area contributed by atoms with E-state index < -0.39 is 0 Å². The van der Waals surface area contributed by atoms with Crippen LogP contribution >= 0.6 is 11.3 Å². The fraction of sp³-hybridized carbons (Fsp3) is 0.368. The molecule has 2 aromatic heterocycles. The molecule has 1 aromatic carbocycles. The van der Waals surface area contributed by atoms with E-state index in [0.29, 0.717) is 11.9 Å². The average molecular weight is 354 g/mol. The van der Waals surface area contributed by atoms with Crippen molar-refractivity contribution < 1.29 is 4.74 Å². The Morgan fingerprint density at radius 2 is 2.08 bits per heavy atom. The molecule has 0 amide bonds. The molecular formula is C19H22N4OS. The van der Waals surface area contributed by atoms with Gasteiger partial charge in [0.15, 0.2) is 0 Å². The van der Waals surface area contributed by atoms with Crippen LogP contribution in [0.25, 0.3) is 10.2 Å². The number of nitrogens with zero attached hydrogens (tertiary/aromatic N) is 3. The number of thiophene rings is 1. The first-order valence-electron chi connectivity index (χ1n) is 8.56. The van der Waals surface area contributed by atoms with Crippen molar-refractivity contribution in [2.24, 2.45) is 0 Å². The number of ether oxygens (including phenoxy) is 1. The Labute approximate surface area is 151 Å². The first-order valence-corrected chi connectivity index (χ1v) is 9.44. The molecule has 5 nitrogen and oxygen atoms in total. The number of hydrogen-bond acceptors (Lipinski definition) is 6. The van der Waals surface area contributed by atoms with Crippen molar-refractivity contribution in [3.05, 3.63) is 41.4 Å². The summed E-state index contributed by atoms with van der Waals surface area (Å²) in [6.07, 6.45) is 4.25. The highest BCUT2D eigenvalue weighted by Crippen LogP contribution is 2.34. The summed E-state index contributed by atoms with van der Waals surface area (Å²) in [5.41, 5.74) is 3.21. The zero-order chi connectivity index (χ0) is 17.2. The summed E-state index contributed by atoms with van der Waals surface area (Å²) in [6.45, 7) is 2.31. The van der Waals surface area contributed by atoms with Crippen molar-refractivity contribution in [1.29, 1.82) is 0 Å². The first-order chi connectivity index (χ1) is 12.2. The predicted molar refractivity (Wildman–Crippen MR) is 103 cm³/mol. The highest BCUT2D eigenvalue weighted by molar-refractivity contribution is 7.17. The van der Waals surface area contributed by atoms with E-state index in [1.807, 2.05) is 17.6 Å². The van der Waals surface area contributed by atoms with E-state index in [-0.39, 0.29) is 0 Å². The van der Waals surface area contributed by atoms with E-state index >= 15 is 0 Å². The molecule has 0 saturated carbocycles. The number of aromatic nitrogens is 2. The molecule has 3 aromatic rings. The molecule has 0 aliphatic carbocycles. The third-order valence-corrected chi connectivity index (χ3v) is 5.71. The predicted octanol–water partition coefficient (Wildman–Crippen LogP) is 4.25. The molecule has 6 heteroatoms. The van der Waals surface area contributed by atoms with Gasteiger partial charge in [-0.05, 0) is 68.0 Å². The van der Waals surface area contributed by atoms with Crippen molar-refractivity contribution in [2.75, 3.05) is 32.6 Å². The van der Waals surface area contributed by atoms with Crippen LogP contribution in [0.3, 0.4) is 0 Å². The summed E-state index contributed by atoms with van der Waals surface area (Å²) in [4.78, 5) is 11.3. The number of fused-ring (bicyclic) bond motifs is 1. The second-order valence-corrected chi connectivity index (χ2v) is 7.47. The fourth-order valence-corrected chi connectivity index (χ4v) is 4.05. The second-order valence-electron chi connectivity index (χ2n) is 6.53. The van der Waals surface area contributed by atoms with Crippen molar-refractivity contribution >= 4 is 33.2 Å². The van der Waals surface area contributed by atoms with Crippen molar-refractivity contribution in [1.82, 2.24) is 14.9 Å². The second kappa shape index (κ2) is 6.98. The molecule has 1 aliphatic heterocycles. The molecule has 3 heterocycles. The number of hydrogen-bond donors (Lipinski definition) is 1. The maximum Gasteiger partial charge on any atom is 0.227 e. The van der Waals surface area contributed by atoms with Crippen LogP contribution in [0.1, 0.15) is 24.3 Å². The van der Waals surface area contributed by atoms with Crippen LogP contribution in [0.5, 0.6) is 5.75 Å². The van der Waals surface area contributed by atoms with Gasteiger partial charge in [-0.3, -0.25) is 0 Å². The van der Waals surface area contributed by atoms with Gasteiger partial charge in [-0.25, -0.2) is 9.97 Å². The molecule has 0 atom stereocenters. The molecule has 4 rings (SSSR count). The van der Waals surface area contributed by atoms with E-state index in [4.69, 9.17) is 4.74 Å². The first kappa shape index (κ1) is 16.3. The number of piperidine rings is 1. The van der Waals surface area contributed by atoms with Crippen LogP contribution < -0.4 is 10.1 Å². The number of benzene rings is 1. The Balaban J connectivity index is 1.56. The lowest BCUT2D eigenvalue weighted by Gasteiger charge is -2.29. The number of rotatable bonds is 4. The van der Waals surface area contributed by atoms with Crippen molar-refractivity contribution in [3.8, 4) is 5.75 Å². The van der Waals surface area contributed by atoms with Crippen LogP contribution in [0.2, 0.25) is 0 Å². The van der Waals surface area contributed by atoms with Gasteiger partial charge in [-0.1, -0.05) is 6.07 Å². The van der Waals surface area contributed by atoms with Gasteiger partial charge in [0.05, 0.1) is 29.2 Å². The van der Waals surface area contributed by atoms with E-state index in [9.17, 15) is 0 Å². The monoisotopic (exact) mass is 354 g/mol. The maximum absolute atomic E-state index is 5.62. The molecule has 1 fully saturated rings. The zero-order valence-corrected chi connectivity index (χ0v) is 15.3. The molecule has 25 heavy (non-hydrogen) atoms. The molecular weight excluding hydrogens is 332 g/mol. The zero-order valence-electron chi connectivity index (χ0n) is 14.5. The molecule has 1 saturated heterocycles. The van der Waals surface area contributed by atoms with Crippen molar-refractivity contribution in [3.63, 3.8) is 0 Å². The summed E-state index contributed by atoms with van der Waals surface area (Å²) in [6, 6.07) is 8.44. The minimum absolute atomic E-state index is 0.594. The number of anilines is 2. The van der Waals surface area contributed by atoms with Gasteiger partial charge >= 0.3 is 0 Å². The molecule has 0 radical (unpaired) electrons. The Kier molecular flexibility index (Phi) is 4.55. The van der Waals surface area contributed by atoms with E-state index in [1.54, 1.807) is 18.4 Å². The van der Waals surface area contributed by atoms with Gasteiger partial charge in [-0.2, -0.15) is 0 Å². The normalized spacial score (nSPS) is 16.2. The molecule has 0 bridgehead atoms. The minimum atomic E-state index is 0.594. The largest absolute Gasteiger partial charge is 0.495 e. The average Bonchev–Trinajstić information content (AvgIpc) is 3.10. The van der Waals surface area contributed by atoms with E-state index in [1.165, 1.54) is 18.4 Å². The van der Waals surface area contributed by atoms with Gasteiger partial charge < -0.3 is 15.0 Å². The third-order valence-electron chi connectivity index (χ3n) is 4.87. The molecule has 0 unspecified atom stereocenters.